The molecule has 0 bridgehead atoms. The standard InChI is InChI=1S/C16H12FIN2O2/c17-11-4-1-3-10(7-11)14-9-15(22-20-14)16(21)19-13-6-2-5-12(18)8-13/h1-8,15H,9H2,(H,19,21)/t15-/m0/s1. The Morgan fingerprint density at radius 3 is 2.86 bits per heavy atom. The molecule has 1 heterocycles. The van der Waals surface area contributed by atoms with Gasteiger partial charge in [-0.2, -0.15) is 0 Å². The summed E-state index contributed by atoms with van der Waals surface area (Å²) in [5.41, 5.74) is 1.91. The molecule has 0 aromatic heterocycles. The Kier molecular flexibility index (Phi) is 4.37. The van der Waals surface area contributed by atoms with E-state index >= 15 is 0 Å². The number of rotatable bonds is 3. The quantitative estimate of drug-likeness (QED) is 0.787. The zero-order chi connectivity index (χ0) is 15.5. The molecule has 3 rings (SSSR count). The molecule has 4 nitrogen and oxygen atoms in total. The van der Waals surface area contributed by atoms with E-state index in [1.54, 1.807) is 12.1 Å². The average Bonchev–Trinajstić information content (AvgIpc) is 2.97. The van der Waals surface area contributed by atoms with Crippen molar-refractivity contribution in [3.05, 3.63) is 63.5 Å². The summed E-state index contributed by atoms with van der Waals surface area (Å²) in [5.74, 6) is -0.607. The van der Waals surface area contributed by atoms with Crippen molar-refractivity contribution in [1.29, 1.82) is 0 Å². The third kappa shape index (κ3) is 3.44. The normalized spacial score (nSPS) is 16.8. The Balaban J connectivity index is 1.65. The van der Waals surface area contributed by atoms with Gasteiger partial charge >= 0.3 is 0 Å². The van der Waals surface area contributed by atoms with Crippen molar-refractivity contribution < 1.29 is 14.0 Å². The van der Waals surface area contributed by atoms with Crippen molar-refractivity contribution in [3.8, 4) is 0 Å². The van der Waals surface area contributed by atoms with Crippen LogP contribution in [0.15, 0.2) is 53.7 Å². The van der Waals surface area contributed by atoms with E-state index in [1.807, 2.05) is 24.3 Å². The van der Waals surface area contributed by atoms with Gasteiger partial charge in [-0.1, -0.05) is 23.4 Å². The molecule has 22 heavy (non-hydrogen) atoms. The van der Waals surface area contributed by atoms with Gasteiger partial charge in [0.05, 0.1) is 5.71 Å². The summed E-state index contributed by atoms with van der Waals surface area (Å²) in [4.78, 5) is 17.4. The van der Waals surface area contributed by atoms with Crippen LogP contribution >= 0.6 is 22.6 Å². The fourth-order valence-corrected chi connectivity index (χ4v) is 2.69. The second-order valence-electron chi connectivity index (χ2n) is 4.85. The maximum absolute atomic E-state index is 13.2. The van der Waals surface area contributed by atoms with E-state index in [0.717, 1.165) is 3.57 Å². The molecular weight excluding hydrogens is 398 g/mol. The van der Waals surface area contributed by atoms with Crippen LogP contribution in [0.4, 0.5) is 10.1 Å². The first-order valence-corrected chi connectivity index (χ1v) is 7.75. The van der Waals surface area contributed by atoms with Gasteiger partial charge in [-0.3, -0.25) is 4.79 Å². The van der Waals surface area contributed by atoms with Gasteiger partial charge in [-0.25, -0.2) is 4.39 Å². The van der Waals surface area contributed by atoms with E-state index in [1.165, 1.54) is 12.1 Å². The minimum absolute atomic E-state index is 0.267. The van der Waals surface area contributed by atoms with Crippen molar-refractivity contribution in [2.75, 3.05) is 5.32 Å². The van der Waals surface area contributed by atoms with Gasteiger partial charge in [-0.05, 0) is 52.9 Å². The summed E-state index contributed by atoms with van der Waals surface area (Å²) in [5, 5.41) is 6.69. The first-order chi connectivity index (χ1) is 10.6. The van der Waals surface area contributed by atoms with E-state index in [4.69, 9.17) is 4.84 Å². The van der Waals surface area contributed by atoms with Crippen LogP contribution in [-0.4, -0.2) is 17.7 Å². The second kappa shape index (κ2) is 6.43. The lowest BCUT2D eigenvalue weighted by molar-refractivity contribution is -0.125. The number of anilines is 1. The number of oxime groups is 1. The van der Waals surface area contributed by atoms with Crippen LogP contribution in [0.3, 0.4) is 0 Å². The molecule has 2 aromatic carbocycles. The van der Waals surface area contributed by atoms with Crippen molar-refractivity contribution >= 4 is 39.9 Å². The van der Waals surface area contributed by atoms with E-state index in [0.29, 0.717) is 23.4 Å². The van der Waals surface area contributed by atoms with E-state index in [9.17, 15) is 9.18 Å². The summed E-state index contributed by atoms with van der Waals surface area (Å²) < 4.78 is 14.3. The molecule has 1 N–H and O–H groups in total. The third-order valence-corrected chi connectivity index (χ3v) is 3.88. The first-order valence-electron chi connectivity index (χ1n) is 6.67. The maximum atomic E-state index is 13.2. The van der Waals surface area contributed by atoms with Crippen molar-refractivity contribution in [3.63, 3.8) is 0 Å². The molecule has 1 atom stereocenters. The summed E-state index contributed by atoms with van der Waals surface area (Å²) in [6.07, 6.45) is -0.379. The molecule has 6 heteroatoms. The van der Waals surface area contributed by atoms with Crippen LogP contribution in [-0.2, 0) is 9.63 Å². The van der Waals surface area contributed by atoms with Crippen molar-refractivity contribution in [2.45, 2.75) is 12.5 Å². The molecule has 0 fully saturated rings. The summed E-state index contributed by atoms with van der Waals surface area (Å²) in [6, 6.07) is 13.6. The topological polar surface area (TPSA) is 50.7 Å². The molecule has 0 aliphatic carbocycles. The highest BCUT2D eigenvalue weighted by Gasteiger charge is 2.29. The van der Waals surface area contributed by atoms with Crippen LogP contribution in [0.5, 0.6) is 0 Å². The predicted molar refractivity (Wildman–Crippen MR) is 90.2 cm³/mol. The van der Waals surface area contributed by atoms with Gasteiger partial charge in [-0.15, -0.1) is 0 Å². The summed E-state index contributed by atoms with van der Waals surface area (Å²) in [7, 11) is 0. The second-order valence-corrected chi connectivity index (χ2v) is 6.09. The Hall–Kier alpha value is -1.96. The Morgan fingerprint density at radius 1 is 1.27 bits per heavy atom. The maximum Gasteiger partial charge on any atom is 0.268 e. The summed E-state index contributed by atoms with van der Waals surface area (Å²) in [6.45, 7) is 0. The number of nitrogens with zero attached hydrogens (tertiary/aromatic N) is 1. The van der Waals surface area contributed by atoms with Gasteiger partial charge in [0, 0.05) is 21.2 Å². The smallest absolute Gasteiger partial charge is 0.268 e. The largest absolute Gasteiger partial charge is 0.382 e. The van der Waals surface area contributed by atoms with Crippen LogP contribution in [0.1, 0.15) is 12.0 Å². The number of carbonyl (C=O) groups is 1. The molecule has 0 unspecified atom stereocenters. The summed E-state index contributed by atoms with van der Waals surface area (Å²) >= 11 is 2.17. The van der Waals surface area contributed by atoms with Gasteiger partial charge in [0.1, 0.15) is 5.82 Å². The van der Waals surface area contributed by atoms with Crippen molar-refractivity contribution in [1.82, 2.24) is 0 Å². The fraction of sp³-hybridized carbons (Fsp3) is 0.125. The number of hydrogen-bond acceptors (Lipinski definition) is 3. The first kappa shape index (κ1) is 15.0. The monoisotopic (exact) mass is 410 g/mol. The molecule has 0 saturated heterocycles. The number of amides is 1. The minimum Gasteiger partial charge on any atom is -0.382 e. The predicted octanol–water partition coefficient (Wildman–Crippen LogP) is 3.56. The van der Waals surface area contributed by atoms with Crippen LogP contribution < -0.4 is 5.32 Å². The fourth-order valence-electron chi connectivity index (χ4n) is 2.15. The number of hydrogen-bond donors (Lipinski definition) is 1. The van der Waals surface area contributed by atoms with Gasteiger partial charge in [0.15, 0.2) is 0 Å². The highest BCUT2D eigenvalue weighted by molar-refractivity contribution is 14.1. The highest BCUT2D eigenvalue weighted by atomic mass is 127. The highest BCUT2D eigenvalue weighted by Crippen LogP contribution is 2.19. The van der Waals surface area contributed by atoms with E-state index < -0.39 is 6.10 Å². The number of benzene rings is 2. The van der Waals surface area contributed by atoms with Crippen molar-refractivity contribution in [2.24, 2.45) is 5.16 Å². The molecule has 0 saturated carbocycles. The van der Waals surface area contributed by atoms with E-state index in [-0.39, 0.29) is 11.7 Å². The minimum atomic E-state index is -0.698. The Bertz CT molecular complexity index is 748. The van der Waals surface area contributed by atoms with Crippen LogP contribution in [0, 0.1) is 9.39 Å². The third-order valence-electron chi connectivity index (χ3n) is 3.21. The molecule has 112 valence electrons. The average molecular weight is 410 g/mol. The molecule has 0 spiro atoms. The van der Waals surface area contributed by atoms with Crippen LogP contribution in [0.25, 0.3) is 0 Å². The zero-order valence-corrected chi connectivity index (χ0v) is 13.6. The van der Waals surface area contributed by atoms with Gasteiger partial charge in [0.2, 0.25) is 6.10 Å². The number of nitrogens with one attached hydrogen (secondary N) is 1. The van der Waals surface area contributed by atoms with Crippen LogP contribution in [0.2, 0.25) is 0 Å². The number of halogens is 2. The number of carbonyl (C=O) groups excluding carboxylic acids is 1. The lowest BCUT2D eigenvalue weighted by Gasteiger charge is -2.09. The molecule has 1 amide bonds. The Labute approximate surface area is 140 Å². The lowest BCUT2D eigenvalue weighted by Crippen LogP contribution is -2.28. The molecule has 1 aliphatic rings. The zero-order valence-electron chi connectivity index (χ0n) is 11.4. The molecule has 0 radical (unpaired) electrons. The molecule has 1 aliphatic heterocycles. The lowest BCUT2D eigenvalue weighted by atomic mass is 10.0. The van der Waals surface area contributed by atoms with Gasteiger partial charge in [0.25, 0.3) is 5.91 Å². The molecular formula is C16H12FIN2O2. The van der Waals surface area contributed by atoms with E-state index in [2.05, 4.69) is 33.1 Å². The Morgan fingerprint density at radius 2 is 2.09 bits per heavy atom. The molecule has 2 aromatic rings. The van der Waals surface area contributed by atoms with Gasteiger partial charge < -0.3 is 10.2 Å². The SMILES string of the molecule is O=C(Nc1cccc(I)c1)[C@@H]1CC(c2cccc(F)c2)=NO1.